The summed E-state index contributed by atoms with van der Waals surface area (Å²) in [5, 5.41) is 10.0. The van der Waals surface area contributed by atoms with Gasteiger partial charge < -0.3 is 10.1 Å². The molecule has 2 rings (SSSR count). The van der Waals surface area contributed by atoms with E-state index in [1.165, 1.54) is 12.1 Å². The number of nitrogens with one attached hydrogen (secondary N) is 1. The molecule has 1 aromatic carbocycles. The summed E-state index contributed by atoms with van der Waals surface area (Å²) in [5.74, 6) is -0.557. The topological polar surface area (TPSA) is 121 Å². The molecule has 2 N–H and O–H groups in total. The van der Waals surface area contributed by atoms with Crippen LogP contribution >= 0.6 is 0 Å². The monoisotopic (exact) mass is 455 g/mol. The van der Waals surface area contributed by atoms with E-state index in [0.717, 1.165) is 18.6 Å². The highest BCUT2D eigenvalue weighted by molar-refractivity contribution is 7.91. The molecule has 0 aliphatic heterocycles. The number of benzene rings is 1. The van der Waals surface area contributed by atoms with Crippen LogP contribution in [0.1, 0.15) is 68.6 Å². The molecule has 1 aromatic heterocycles. The highest BCUT2D eigenvalue weighted by atomic mass is 32.2. The summed E-state index contributed by atoms with van der Waals surface area (Å²) >= 11 is 0. The molecule has 0 bridgehead atoms. The van der Waals surface area contributed by atoms with Crippen LogP contribution in [0.5, 0.6) is 5.75 Å². The predicted octanol–water partition coefficient (Wildman–Crippen LogP) is 3.35. The van der Waals surface area contributed by atoms with Gasteiger partial charge in [-0.1, -0.05) is 41.5 Å². The normalized spacial score (nSPS) is 13.5. The molecular formula is C21H29NO6S2. The maximum absolute atomic E-state index is 13.4. The van der Waals surface area contributed by atoms with E-state index in [1.807, 2.05) is 41.5 Å². The van der Waals surface area contributed by atoms with Gasteiger partial charge in [-0.15, -0.1) is 0 Å². The summed E-state index contributed by atoms with van der Waals surface area (Å²) < 4.78 is 48.3. The first kappa shape index (κ1) is 24.1. The maximum Gasteiger partial charge on any atom is 0.195 e. The van der Waals surface area contributed by atoms with Crippen LogP contribution in [0.25, 0.3) is 0 Å². The first-order valence-electron chi connectivity index (χ1n) is 9.30. The van der Waals surface area contributed by atoms with Crippen molar-refractivity contribution < 1.29 is 26.7 Å². The Morgan fingerprint density at radius 2 is 1.27 bits per heavy atom. The van der Waals surface area contributed by atoms with Crippen molar-refractivity contribution in [2.24, 2.45) is 0 Å². The second-order valence-corrected chi connectivity index (χ2v) is 13.6. The van der Waals surface area contributed by atoms with Crippen LogP contribution < -0.4 is 0 Å². The number of phenols is 1. The predicted molar refractivity (Wildman–Crippen MR) is 116 cm³/mol. The van der Waals surface area contributed by atoms with Crippen molar-refractivity contribution in [1.29, 1.82) is 0 Å². The molecule has 0 fully saturated rings. The molecule has 166 valence electrons. The maximum atomic E-state index is 13.4. The lowest BCUT2D eigenvalue weighted by Crippen LogP contribution is -2.19. The van der Waals surface area contributed by atoms with Gasteiger partial charge in [-0.05, 0) is 29.0 Å². The molecule has 0 aliphatic rings. The number of ketones is 1. The molecule has 0 atom stereocenters. The number of hydrogen-bond donors (Lipinski definition) is 2. The largest absolute Gasteiger partial charge is 0.507 e. The standard InChI is InChI=1S/C21H29NO6S2/c1-20(2,3)14-9-12(10-15(18(14)24)21(4,5)6)17(23)13-11-16(29(7,25)26)22-19(13)30(8,27)28/h9-11,22,24H,1-8H3. The lowest BCUT2D eigenvalue weighted by atomic mass is 9.78. The zero-order valence-corrected chi connectivity index (χ0v) is 20.2. The Bertz CT molecular complexity index is 1190. The van der Waals surface area contributed by atoms with Gasteiger partial charge in [-0.3, -0.25) is 4.79 Å². The first-order chi connectivity index (χ1) is 13.2. The number of rotatable bonds is 4. The molecular weight excluding hydrogens is 426 g/mol. The number of carbonyl (C=O) groups is 1. The molecule has 0 spiro atoms. The Labute approximate surface area is 178 Å². The summed E-state index contributed by atoms with van der Waals surface area (Å²) in [7, 11) is -7.66. The van der Waals surface area contributed by atoms with E-state index in [2.05, 4.69) is 4.98 Å². The third-order valence-corrected chi connectivity index (χ3v) is 6.84. The van der Waals surface area contributed by atoms with Crippen molar-refractivity contribution in [3.63, 3.8) is 0 Å². The highest BCUT2D eigenvalue weighted by Gasteiger charge is 2.31. The van der Waals surface area contributed by atoms with Gasteiger partial charge in [0.05, 0.1) is 5.56 Å². The van der Waals surface area contributed by atoms with Gasteiger partial charge in [-0.2, -0.15) is 0 Å². The zero-order chi connectivity index (χ0) is 23.4. The molecule has 0 unspecified atom stereocenters. The van der Waals surface area contributed by atoms with Crippen molar-refractivity contribution in [1.82, 2.24) is 4.98 Å². The molecule has 0 aliphatic carbocycles. The van der Waals surface area contributed by atoms with Gasteiger partial charge in [0, 0.05) is 29.2 Å². The van der Waals surface area contributed by atoms with Gasteiger partial charge in [0.2, 0.25) is 0 Å². The second-order valence-electron chi connectivity index (χ2n) is 9.67. The number of aromatic amines is 1. The number of sulfone groups is 2. The third kappa shape index (κ3) is 4.78. The molecule has 0 radical (unpaired) electrons. The van der Waals surface area contributed by atoms with Crippen molar-refractivity contribution in [2.75, 3.05) is 12.5 Å². The van der Waals surface area contributed by atoms with E-state index in [-0.39, 0.29) is 21.9 Å². The van der Waals surface area contributed by atoms with E-state index in [9.17, 15) is 26.7 Å². The Morgan fingerprint density at radius 3 is 1.60 bits per heavy atom. The van der Waals surface area contributed by atoms with Crippen LogP contribution in [0.3, 0.4) is 0 Å². The Morgan fingerprint density at radius 1 is 0.833 bits per heavy atom. The van der Waals surface area contributed by atoms with E-state index < -0.39 is 41.3 Å². The molecule has 2 aromatic rings. The van der Waals surface area contributed by atoms with Crippen LogP contribution in [-0.4, -0.2) is 45.2 Å². The van der Waals surface area contributed by atoms with Gasteiger partial charge in [0.15, 0.2) is 25.5 Å². The van der Waals surface area contributed by atoms with E-state index in [4.69, 9.17) is 0 Å². The fraction of sp³-hybridized carbons (Fsp3) is 0.476. The second kappa shape index (κ2) is 7.23. The van der Waals surface area contributed by atoms with Gasteiger partial charge >= 0.3 is 0 Å². The summed E-state index contributed by atoms with van der Waals surface area (Å²) in [6.07, 6.45) is 1.83. The van der Waals surface area contributed by atoms with Crippen molar-refractivity contribution in [3.8, 4) is 5.75 Å². The van der Waals surface area contributed by atoms with E-state index >= 15 is 0 Å². The van der Waals surface area contributed by atoms with Crippen LogP contribution in [0.15, 0.2) is 28.3 Å². The van der Waals surface area contributed by atoms with Gasteiger partial charge in [-0.25, -0.2) is 16.8 Å². The Kier molecular flexibility index (Phi) is 5.82. The quantitative estimate of drug-likeness (QED) is 0.682. The minimum atomic E-state index is -3.90. The highest BCUT2D eigenvalue weighted by Crippen LogP contribution is 2.40. The number of phenolic OH excluding ortho intramolecular Hbond substituents is 1. The van der Waals surface area contributed by atoms with Crippen molar-refractivity contribution in [2.45, 2.75) is 62.4 Å². The molecule has 9 heteroatoms. The number of aromatic nitrogens is 1. The minimum Gasteiger partial charge on any atom is -0.507 e. The van der Waals surface area contributed by atoms with Gasteiger partial charge in [0.25, 0.3) is 0 Å². The first-order valence-corrected chi connectivity index (χ1v) is 13.1. The smallest absolute Gasteiger partial charge is 0.195 e. The summed E-state index contributed by atoms with van der Waals surface area (Å²) in [5.41, 5.74) is 0.0256. The Hall–Kier alpha value is -2.13. The average molecular weight is 456 g/mol. The van der Waals surface area contributed by atoms with Crippen LogP contribution in [-0.2, 0) is 30.5 Å². The van der Waals surface area contributed by atoms with Crippen molar-refractivity contribution in [3.05, 3.63) is 40.5 Å². The third-order valence-electron chi connectivity index (χ3n) is 4.76. The minimum absolute atomic E-state index is 0.0841. The molecule has 1 heterocycles. The lowest BCUT2D eigenvalue weighted by molar-refractivity contribution is 0.103. The molecule has 0 saturated carbocycles. The van der Waals surface area contributed by atoms with E-state index in [0.29, 0.717) is 11.1 Å². The van der Waals surface area contributed by atoms with Crippen LogP contribution in [0.4, 0.5) is 0 Å². The summed E-state index contributed by atoms with van der Waals surface area (Å²) in [6, 6.07) is 4.12. The van der Waals surface area contributed by atoms with E-state index in [1.54, 1.807) is 0 Å². The van der Waals surface area contributed by atoms with Crippen LogP contribution in [0, 0.1) is 0 Å². The number of hydrogen-bond acceptors (Lipinski definition) is 6. The zero-order valence-electron chi connectivity index (χ0n) is 18.5. The fourth-order valence-electron chi connectivity index (χ4n) is 3.14. The molecule has 0 saturated heterocycles. The van der Waals surface area contributed by atoms with Gasteiger partial charge in [0.1, 0.15) is 15.8 Å². The average Bonchev–Trinajstić information content (AvgIpc) is 2.97. The molecule has 30 heavy (non-hydrogen) atoms. The molecule has 7 nitrogen and oxygen atoms in total. The number of H-pyrrole nitrogens is 1. The number of aromatic hydroxyl groups is 1. The fourth-order valence-corrected chi connectivity index (χ4v) is 4.67. The SMILES string of the molecule is CC(C)(C)c1cc(C(=O)c2cc(S(C)(=O)=O)[nH]c2S(C)(=O)=O)cc(C(C)(C)C)c1O. The summed E-state index contributed by atoms with van der Waals surface area (Å²) in [4.78, 5) is 15.7. The Balaban J connectivity index is 2.87. The lowest BCUT2D eigenvalue weighted by Gasteiger charge is -2.28. The summed E-state index contributed by atoms with van der Waals surface area (Å²) in [6.45, 7) is 11.3. The van der Waals surface area contributed by atoms with Crippen molar-refractivity contribution >= 4 is 25.5 Å². The number of carbonyl (C=O) groups excluding carboxylic acids is 1. The van der Waals surface area contributed by atoms with Crippen LogP contribution in [0.2, 0.25) is 0 Å². The molecule has 0 amide bonds.